The first-order chi connectivity index (χ1) is 8.72. The Morgan fingerprint density at radius 3 is 2.56 bits per heavy atom. The summed E-state index contributed by atoms with van der Waals surface area (Å²) in [4.78, 5) is 14.4. The van der Waals surface area contributed by atoms with Crippen LogP contribution in [0.2, 0.25) is 0 Å². The van der Waals surface area contributed by atoms with E-state index in [-0.39, 0.29) is 5.78 Å². The van der Waals surface area contributed by atoms with Crippen molar-refractivity contribution in [2.75, 3.05) is 19.6 Å². The predicted octanol–water partition coefficient (Wildman–Crippen LogP) is 3.16. The van der Waals surface area contributed by atoms with Crippen LogP contribution in [0, 0.1) is 5.92 Å². The molecule has 1 saturated heterocycles. The number of benzene rings is 1. The van der Waals surface area contributed by atoms with Crippen molar-refractivity contribution in [2.24, 2.45) is 5.92 Å². The van der Waals surface area contributed by atoms with Gasteiger partial charge in [0.2, 0.25) is 0 Å². The molecule has 0 N–H and O–H groups in total. The van der Waals surface area contributed by atoms with Crippen molar-refractivity contribution >= 4 is 5.78 Å². The predicted molar refractivity (Wildman–Crippen MR) is 75.0 cm³/mol. The molecule has 1 aromatic carbocycles. The fourth-order valence-electron chi connectivity index (χ4n) is 2.61. The zero-order chi connectivity index (χ0) is 13.0. The summed E-state index contributed by atoms with van der Waals surface area (Å²) in [6, 6.07) is 8.06. The Balaban J connectivity index is 1.91. The van der Waals surface area contributed by atoms with Crippen molar-refractivity contribution in [3.8, 4) is 0 Å². The van der Waals surface area contributed by atoms with E-state index in [4.69, 9.17) is 0 Å². The smallest absolute Gasteiger partial charge is 0.176 e. The second-order valence-electron chi connectivity index (χ2n) is 5.27. The maximum atomic E-state index is 12.2. The number of Topliss-reactive ketones (excluding diaryl/α,β-unsaturated/α-hetero) is 1. The van der Waals surface area contributed by atoms with Crippen LogP contribution in [-0.4, -0.2) is 30.3 Å². The normalized spacial score (nSPS) is 20.2. The van der Waals surface area contributed by atoms with Crippen LogP contribution in [0.1, 0.15) is 42.6 Å². The second-order valence-corrected chi connectivity index (χ2v) is 5.27. The average molecular weight is 245 g/mol. The van der Waals surface area contributed by atoms with E-state index in [9.17, 15) is 4.79 Å². The summed E-state index contributed by atoms with van der Waals surface area (Å²) < 4.78 is 0. The fraction of sp³-hybridized carbons (Fsp3) is 0.562. The van der Waals surface area contributed by atoms with Crippen LogP contribution >= 0.6 is 0 Å². The van der Waals surface area contributed by atoms with E-state index in [1.165, 1.54) is 18.4 Å². The zero-order valence-electron chi connectivity index (χ0n) is 11.5. The van der Waals surface area contributed by atoms with E-state index in [1.807, 2.05) is 12.1 Å². The number of likely N-dealkylation sites (tertiary alicyclic amines) is 1. The number of nitrogens with zero attached hydrogens (tertiary/aromatic N) is 1. The molecular formula is C16H23NO. The molecule has 0 spiro atoms. The van der Waals surface area contributed by atoms with E-state index < -0.39 is 0 Å². The largest absolute Gasteiger partial charge is 0.296 e. The lowest BCUT2D eigenvalue weighted by atomic mass is 10.1. The van der Waals surface area contributed by atoms with Gasteiger partial charge in [-0.25, -0.2) is 0 Å². The van der Waals surface area contributed by atoms with Gasteiger partial charge < -0.3 is 0 Å². The number of rotatable bonds is 5. The molecule has 0 amide bonds. The Morgan fingerprint density at radius 1 is 1.28 bits per heavy atom. The van der Waals surface area contributed by atoms with Crippen LogP contribution < -0.4 is 0 Å². The minimum absolute atomic E-state index is 0.259. The Hall–Kier alpha value is -1.15. The SMILES string of the molecule is CCc1ccc(C(=O)CN2CCC(CC)C2)cc1. The van der Waals surface area contributed by atoms with Gasteiger partial charge >= 0.3 is 0 Å². The monoisotopic (exact) mass is 245 g/mol. The van der Waals surface area contributed by atoms with Crippen molar-refractivity contribution < 1.29 is 4.79 Å². The molecule has 0 saturated carbocycles. The highest BCUT2D eigenvalue weighted by Crippen LogP contribution is 2.19. The van der Waals surface area contributed by atoms with Crippen LogP contribution in [0.4, 0.5) is 0 Å². The Kier molecular flexibility index (Phi) is 4.54. The van der Waals surface area contributed by atoms with Gasteiger partial charge in [0.1, 0.15) is 0 Å². The number of carbonyl (C=O) groups is 1. The summed E-state index contributed by atoms with van der Waals surface area (Å²) >= 11 is 0. The first-order valence-electron chi connectivity index (χ1n) is 7.07. The van der Waals surface area contributed by atoms with E-state index in [2.05, 4.69) is 30.9 Å². The van der Waals surface area contributed by atoms with E-state index >= 15 is 0 Å². The third-order valence-electron chi connectivity index (χ3n) is 4.00. The molecular weight excluding hydrogens is 222 g/mol. The lowest BCUT2D eigenvalue weighted by molar-refractivity contribution is 0.0943. The van der Waals surface area contributed by atoms with Crippen LogP contribution in [0.3, 0.4) is 0 Å². The standard InChI is InChI=1S/C16H23NO/c1-3-13-5-7-15(8-6-13)16(18)12-17-10-9-14(4-2)11-17/h5-8,14H,3-4,9-12H2,1-2H3. The van der Waals surface area contributed by atoms with Crippen LogP contribution in [0.5, 0.6) is 0 Å². The quantitative estimate of drug-likeness (QED) is 0.743. The minimum atomic E-state index is 0.259. The van der Waals surface area contributed by atoms with Crippen LogP contribution in [0.25, 0.3) is 0 Å². The van der Waals surface area contributed by atoms with Gasteiger partial charge in [-0.2, -0.15) is 0 Å². The maximum Gasteiger partial charge on any atom is 0.176 e. The highest BCUT2D eigenvalue weighted by atomic mass is 16.1. The van der Waals surface area contributed by atoms with Crippen molar-refractivity contribution in [1.82, 2.24) is 4.90 Å². The lowest BCUT2D eigenvalue weighted by Crippen LogP contribution is -2.27. The zero-order valence-corrected chi connectivity index (χ0v) is 11.5. The number of aryl methyl sites for hydroxylation is 1. The summed E-state index contributed by atoms with van der Waals surface area (Å²) in [6.07, 6.45) is 3.51. The van der Waals surface area contributed by atoms with Crippen molar-refractivity contribution in [1.29, 1.82) is 0 Å². The first kappa shape index (κ1) is 13.3. The summed E-state index contributed by atoms with van der Waals surface area (Å²) in [6.45, 7) is 7.12. The molecule has 2 nitrogen and oxygen atoms in total. The molecule has 1 fully saturated rings. The topological polar surface area (TPSA) is 20.3 Å². The van der Waals surface area contributed by atoms with Gasteiger partial charge in [-0.1, -0.05) is 44.5 Å². The number of hydrogen-bond donors (Lipinski definition) is 0. The Labute approximate surface area is 110 Å². The van der Waals surface area contributed by atoms with E-state index in [0.29, 0.717) is 6.54 Å². The van der Waals surface area contributed by atoms with E-state index in [1.54, 1.807) is 0 Å². The molecule has 1 unspecified atom stereocenters. The van der Waals surface area contributed by atoms with Crippen LogP contribution in [0.15, 0.2) is 24.3 Å². The summed E-state index contributed by atoms with van der Waals surface area (Å²) in [5.74, 6) is 1.05. The molecule has 1 heterocycles. The third kappa shape index (κ3) is 3.20. The molecule has 2 heteroatoms. The molecule has 0 aliphatic carbocycles. The Bertz CT molecular complexity index is 396. The van der Waals surface area contributed by atoms with Crippen molar-refractivity contribution in [2.45, 2.75) is 33.1 Å². The molecule has 18 heavy (non-hydrogen) atoms. The molecule has 2 rings (SSSR count). The second kappa shape index (κ2) is 6.14. The molecule has 98 valence electrons. The van der Waals surface area contributed by atoms with Gasteiger partial charge in [0, 0.05) is 12.1 Å². The third-order valence-corrected chi connectivity index (χ3v) is 4.00. The summed E-state index contributed by atoms with van der Waals surface area (Å²) in [7, 11) is 0. The van der Waals surface area contributed by atoms with Crippen molar-refractivity contribution in [3.63, 3.8) is 0 Å². The first-order valence-corrected chi connectivity index (χ1v) is 7.07. The van der Waals surface area contributed by atoms with Gasteiger partial charge in [0.25, 0.3) is 0 Å². The highest BCUT2D eigenvalue weighted by Gasteiger charge is 2.22. The minimum Gasteiger partial charge on any atom is -0.296 e. The van der Waals surface area contributed by atoms with Gasteiger partial charge in [0.05, 0.1) is 6.54 Å². The molecule has 1 aliphatic heterocycles. The molecule has 1 aromatic rings. The molecule has 1 aliphatic rings. The summed E-state index contributed by atoms with van der Waals surface area (Å²) in [5.41, 5.74) is 2.14. The van der Waals surface area contributed by atoms with Gasteiger partial charge in [-0.3, -0.25) is 9.69 Å². The summed E-state index contributed by atoms with van der Waals surface area (Å²) in [5, 5.41) is 0. The van der Waals surface area contributed by atoms with Crippen LogP contribution in [-0.2, 0) is 6.42 Å². The van der Waals surface area contributed by atoms with Crippen molar-refractivity contribution in [3.05, 3.63) is 35.4 Å². The molecule has 0 bridgehead atoms. The number of carbonyl (C=O) groups excluding carboxylic acids is 1. The molecule has 0 radical (unpaired) electrons. The van der Waals surface area contributed by atoms with Gasteiger partial charge in [0.15, 0.2) is 5.78 Å². The molecule has 1 atom stereocenters. The van der Waals surface area contributed by atoms with E-state index in [0.717, 1.165) is 31.0 Å². The van der Waals surface area contributed by atoms with Gasteiger partial charge in [-0.15, -0.1) is 0 Å². The number of ketones is 1. The molecule has 0 aromatic heterocycles. The van der Waals surface area contributed by atoms with Gasteiger partial charge in [-0.05, 0) is 30.9 Å². The average Bonchev–Trinajstić information content (AvgIpc) is 2.86. The highest BCUT2D eigenvalue weighted by molar-refractivity contribution is 5.97. The number of hydrogen-bond acceptors (Lipinski definition) is 2. The Morgan fingerprint density at radius 2 is 2.00 bits per heavy atom. The lowest BCUT2D eigenvalue weighted by Gasteiger charge is -2.14. The fourth-order valence-corrected chi connectivity index (χ4v) is 2.61. The maximum absolute atomic E-state index is 12.2.